The summed E-state index contributed by atoms with van der Waals surface area (Å²) in [5.41, 5.74) is 7.61. The van der Waals surface area contributed by atoms with Crippen molar-refractivity contribution in [3.8, 4) is 0 Å². The third kappa shape index (κ3) is 4.23. The first-order chi connectivity index (χ1) is 7.66. The van der Waals surface area contributed by atoms with Gasteiger partial charge in [0.1, 0.15) is 0 Å². The van der Waals surface area contributed by atoms with Crippen LogP contribution < -0.4 is 5.73 Å². The summed E-state index contributed by atoms with van der Waals surface area (Å²) < 4.78 is 2.20. The summed E-state index contributed by atoms with van der Waals surface area (Å²) in [7, 11) is 0. The van der Waals surface area contributed by atoms with Gasteiger partial charge < -0.3 is 5.73 Å². The summed E-state index contributed by atoms with van der Waals surface area (Å²) in [6.45, 7) is 0. The van der Waals surface area contributed by atoms with Crippen molar-refractivity contribution in [3.05, 3.63) is 32.7 Å². The van der Waals surface area contributed by atoms with Gasteiger partial charge in [0.05, 0.1) is 0 Å². The molecule has 0 aromatic heterocycles. The maximum atomic E-state index is 6.37. The molecule has 1 aromatic rings. The topological polar surface area (TPSA) is 26.0 Å². The molecule has 1 nitrogen and oxygen atoms in total. The van der Waals surface area contributed by atoms with Gasteiger partial charge in [0.15, 0.2) is 0 Å². The molecule has 1 atom stereocenters. The van der Waals surface area contributed by atoms with Crippen LogP contribution in [-0.4, -0.2) is 0 Å². The monoisotopic (exact) mass is 381 g/mol. The Labute approximate surface area is 126 Å². The van der Waals surface area contributed by atoms with Gasteiger partial charge in [-0.3, -0.25) is 0 Å². The van der Waals surface area contributed by atoms with Gasteiger partial charge in [-0.15, -0.1) is 12.4 Å². The molecule has 0 unspecified atom stereocenters. The average molecular weight is 384 g/mol. The number of rotatable bonds is 2. The first-order valence-corrected chi connectivity index (χ1v) is 7.47. The molecule has 2 N–H and O–H groups in total. The van der Waals surface area contributed by atoms with Crippen molar-refractivity contribution < 1.29 is 0 Å². The molecule has 0 radical (unpaired) electrons. The van der Waals surface area contributed by atoms with E-state index in [0.29, 0.717) is 5.92 Å². The minimum atomic E-state index is 0. The van der Waals surface area contributed by atoms with Crippen molar-refractivity contribution in [2.24, 2.45) is 11.7 Å². The third-order valence-corrected chi connectivity index (χ3v) is 4.34. The quantitative estimate of drug-likeness (QED) is 0.745. The predicted molar refractivity (Wildman–Crippen MR) is 82.6 cm³/mol. The van der Waals surface area contributed by atoms with Gasteiger partial charge >= 0.3 is 0 Å². The molecule has 1 fully saturated rings. The molecule has 1 aliphatic rings. The van der Waals surface area contributed by atoms with E-state index in [9.17, 15) is 0 Å². The van der Waals surface area contributed by atoms with Gasteiger partial charge in [0, 0.05) is 15.0 Å². The molecule has 0 spiro atoms. The molecule has 2 rings (SSSR count). The normalized spacial score (nSPS) is 18.5. The lowest BCUT2D eigenvalue weighted by molar-refractivity contribution is 0.308. The van der Waals surface area contributed by atoms with E-state index < -0.39 is 0 Å². The summed E-state index contributed by atoms with van der Waals surface area (Å²) in [4.78, 5) is 0. The smallest absolute Gasteiger partial charge is 0.0324 e. The Morgan fingerprint density at radius 2 is 1.53 bits per heavy atom. The van der Waals surface area contributed by atoms with Crippen LogP contribution in [0.4, 0.5) is 0 Å². The van der Waals surface area contributed by atoms with Gasteiger partial charge in [-0.05, 0) is 42.5 Å². The minimum Gasteiger partial charge on any atom is -0.324 e. The van der Waals surface area contributed by atoms with Crippen LogP contribution >= 0.6 is 44.3 Å². The van der Waals surface area contributed by atoms with E-state index in [0.717, 1.165) is 8.95 Å². The highest BCUT2D eigenvalue weighted by molar-refractivity contribution is 9.11. The fraction of sp³-hybridized carbons (Fsp3) is 0.538. The van der Waals surface area contributed by atoms with Crippen LogP contribution in [0.3, 0.4) is 0 Å². The molecule has 0 saturated heterocycles. The second-order valence-electron chi connectivity index (χ2n) is 4.63. The summed E-state index contributed by atoms with van der Waals surface area (Å²) in [6.07, 6.45) is 6.63. The number of hydrogen-bond donors (Lipinski definition) is 1. The Kier molecular flexibility index (Phi) is 6.49. The van der Waals surface area contributed by atoms with Crippen LogP contribution in [0.25, 0.3) is 0 Å². The molecule has 1 aromatic carbocycles. The highest BCUT2D eigenvalue weighted by Crippen LogP contribution is 2.34. The van der Waals surface area contributed by atoms with Crippen molar-refractivity contribution in [2.75, 3.05) is 0 Å². The van der Waals surface area contributed by atoms with Crippen LogP contribution in [0, 0.1) is 5.92 Å². The van der Waals surface area contributed by atoms with Gasteiger partial charge in [0.25, 0.3) is 0 Å². The van der Waals surface area contributed by atoms with E-state index in [4.69, 9.17) is 5.73 Å². The summed E-state index contributed by atoms with van der Waals surface area (Å²) in [5, 5.41) is 0. The van der Waals surface area contributed by atoms with Crippen LogP contribution in [0.15, 0.2) is 27.1 Å². The third-order valence-electron chi connectivity index (χ3n) is 3.43. The first kappa shape index (κ1) is 15.5. The molecule has 4 heteroatoms. The Bertz CT molecular complexity index is 344. The largest absolute Gasteiger partial charge is 0.324 e. The zero-order valence-corrected chi connectivity index (χ0v) is 13.7. The molecule has 0 aliphatic heterocycles. The van der Waals surface area contributed by atoms with Crippen LogP contribution in [0.5, 0.6) is 0 Å². The molecule has 0 heterocycles. The lowest BCUT2D eigenvalue weighted by Gasteiger charge is -2.28. The minimum absolute atomic E-state index is 0. The van der Waals surface area contributed by atoms with Crippen molar-refractivity contribution >= 4 is 44.3 Å². The van der Waals surface area contributed by atoms with Crippen molar-refractivity contribution in [3.63, 3.8) is 0 Å². The number of halogens is 3. The highest BCUT2D eigenvalue weighted by Gasteiger charge is 2.22. The molecule has 0 amide bonds. The number of hydrogen-bond acceptors (Lipinski definition) is 1. The molecule has 96 valence electrons. The molecule has 1 aliphatic carbocycles. The summed E-state index contributed by atoms with van der Waals surface area (Å²) in [6, 6.07) is 6.53. The Morgan fingerprint density at radius 3 is 2.06 bits per heavy atom. The van der Waals surface area contributed by atoms with E-state index in [1.165, 1.54) is 37.7 Å². The molecular formula is C13H18Br2ClN. The van der Waals surface area contributed by atoms with Crippen LogP contribution in [0.2, 0.25) is 0 Å². The lowest BCUT2D eigenvalue weighted by atomic mass is 9.81. The second-order valence-corrected chi connectivity index (χ2v) is 6.46. The van der Waals surface area contributed by atoms with Crippen LogP contribution in [0.1, 0.15) is 43.7 Å². The second kappa shape index (κ2) is 7.13. The van der Waals surface area contributed by atoms with Gasteiger partial charge in [-0.25, -0.2) is 0 Å². The number of benzene rings is 1. The SMILES string of the molecule is Cl.N[C@H](c1cc(Br)cc(Br)c1)C1CCCCC1. The average Bonchev–Trinajstić information content (AvgIpc) is 2.28. The summed E-state index contributed by atoms with van der Waals surface area (Å²) in [5.74, 6) is 0.662. The van der Waals surface area contributed by atoms with Crippen LogP contribution in [-0.2, 0) is 0 Å². The summed E-state index contributed by atoms with van der Waals surface area (Å²) >= 11 is 7.04. The fourth-order valence-corrected chi connectivity index (χ4v) is 3.86. The van der Waals surface area contributed by atoms with E-state index in [2.05, 4.69) is 50.1 Å². The molecular weight excluding hydrogens is 365 g/mol. The lowest BCUT2D eigenvalue weighted by Crippen LogP contribution is -2.23. The van der Waals surface area contributed by atoms with Gasteiger partial charge in [-0.2, -0.15) is 0 Å². The molecule has 1 saturated carbocycles. The van der Waals surface area contributed by atoms with Crippen molar-refractivity contribution in [2.45, 2.75) is 38.1 Å². The fourth-order valence-electron chi connectivity index (χ4n) is 2.53. The molecule has 0 bridgehead atoms. The van der Waals surface area contributed by atoms with E-state index in [1.54, 1.807) is 0 Å². The zero-order valence-electron chi connectivity index (χ0n) is 9.66. The van der Waals surface area contributed by atoms with E-state index in [1.807, 2.05) is 0 Å². The Morgan fingerprint density at radius 1 is 1.00 bits per heavy atom. The van der Waals surface area contributed by atoms with Gasteiger partial charge in [0.2, 0.25) is 0 Å². The van der Waals surface area contributed by atoms with Crippen molar-refractivity contribution in [1.82, 2.24) is 0 Å². The Balaban J connectivity index is 0.00000144. The van der Waals surface area contributed by atoms with Crippen molar-refractivity contribution in [1.29, 1.82) is 0 Å². The Hall–Kier alpha value is 0.430. The van der Waals surface area contributed by atoms with Gasteiger partial charge in [-0.1, -0.05) is 51.1 Å². The highest BCUT2D eigenvalue weighted by atomic mass is 79.9. The standard InChI is InChI=1S/C13H17Br2N.ClH/c14-11-6-10(7-12(15)8-11)13(16)9-4-2-1-3-5-9;/h6-9,13H,1-5,16H2;1H/t13-;/m0./s1. The zero-order chi connectivity index (χ0) is 11.5. The first-order valence-electron chi connectivity index (χ1n) is 5.88. The maximum Gasteiger partial charge on any atom is 0.0324 e. The van der Waals surface area contributed by atoms with E-state index >= 15 is 0 Å². The number of nitrogens with two attached hydrogens (primary N) is 1. The molecule has 17 heavy (non-hydrogen) atoms. The predicted octanol–water partition coefficient (Wildman–Crippen LogP) is 5.21. The maximum absolute atomic E-state index is 6.37. The van der Waals surface area contributed by atoms with E-state index in [-0.39, 0.29) is 18.4 Å².